The van der Waals surface area contributed by atoms with E-state index in [9.17, 15) is 0 Å². The first-order chi connectivity index (χ1) is 9.74. The molecule has 2 saturated heterocycles. The summed E-state index contributed by atoms with van der Waals surface area (Å²) in [6.45, 7) is 12.0. The molecule has 0 aromatic carbocycles. The van der Waals surface area contributed by atoms with E-state index in [1.807, 2.05) is 0 Å². The summed E-state index contributed by atoms with van der Waals surface area (Å²) in [6.07, 6.45) is 6.56. The molecular weight excluding hydrogens is 250 g/mol. The summed E-state index contributed by atoms with van der Waals surface area (Å²) in [6, 6.07) is 0. The van der Waals surface area contributed by atoms with E-state index in [0.29, 0.717) is 6.10 Å². The lowest BCUT2D eigenvalue weighted by Gasteiger charge is -2.50. The van der Waals surface area contributed by atoms with Crippen molar-refractivity contribution in [3.63, 3.8) is 0 Å². The molecule has 0 bridgehead atoms. The van der Waals surface area contributed by atoms with E-state index >= 15 is 0 Å². The molecule has 0 saturated carbocycles. The Bertz CT molecular complexity index is 269. The van der Waals surface area contributed by atoms with E-state index in [-0.39, 0.29) is 5.54 Å². The molecule has 0 aliphatic carbocycles. The normalized spacial score (nSPS) is 25.9. The van der Waals surface area contributed by atoms with E-state index in [0.717, 1.165) is 26.2 Å². The van der Waals surface area contributed by atoms with Gasteiger partial charge in [-0.05, 0) is 58.7 Å². The van der Waals surface area contributed by atoms with Crippen LogP contribution < -0.4 is 5.73 Å². The standard InChI is InChI=1S/C16H33N3O/c1-3-9-18-12-7-16(14-17,8-13-18)19-10-5-15(6-11-19)20-4-2/h15H,3-14,17H2,1-2H3. The van der Waals surface area contributed by atoms with Gasteiger partial charge in [0.25, 0.3) is 0 Å². The number of hydrogen-bond donors (Lipinski definition) is 1. The maximum absolute atomic E-state index is 6.19. The van der Waals surface area contributed by atoms with Crippen LogP contribution in [-0.4, -0.2) is 67.3 Å². The van der Waals surface area contributed by atoms with Crippen LogP contribution in [0.5, 0.6) is 0 Å². The van der Waals surface area contributed by atoms with Gasteiger partial charge in [-0.1, -0.05) is 6.92 Å². The molecule has 2 aliphatic rings. The van der Waals surface area contributed by atoms with Gasteiger partial charge >= 0.3 is 0 Å². The molecule has 4 heteroatoms. The van der Waals surface area contributed by atoms with Crippen LogP contribution in [0.15, 0.2) is 0 Å². The van der Waals surface area contributed by atoms with Crippen molar-refractivity contribution in [3.05, 3.63) is 0 Å². The maximum Gasteiger partial charge on any atom is 0.0599 e. The lowest BCUT2D eigenvalue weighted by molar-refractivity contribution is -0.0371. The van der Waals surface area contributed by atoms with Gasteiger partial charge in [-0.3, -0.25) is 4.90 Å². The van der Waals surface area contributed by atoms with Gasteiger partial charge in [0.1, 0.15) is 0 Å². The lowest BCUT2D eigenvalue weighted by Crippen LogP contribution is -2.61. The molecule has 4 nitrogen and oxygen atoms in total. The second kappa shape index (κ2) is 7.74. The zero-order chi connectivity index (χ0) is 14.4. The Morgan fingerprint density at radius 3 is 2.25 bits per heavy atom. The van der Waals surface area contributed by atoms with Crippen molar-refractivity contribution in [2.45, 2.75) is 57.6 Å². The van der Waals surface area contributed by atoms with E-state index < -0.39 is 0 Å². The Balaban J connectivity index is 1.86. The Morgan fingerprint density at radius 2 is 1.75 bits per heavy atom. The summed E-state index contributed by atoms with van der Waals surface area (Å²) in [7, 11) is 0. The zero-order valence-electron chi connectivity index (χ0n) is 13.4. The van der Waals surface area contributed by atoms with Crippen LogP contribution >= 0.6 is 0 Å². The third kappa shape index (κ3) is 3.73. The molecule has 2 N–H and O–H groups in total. The molecule has 0 amide bonds. The molecule has 0 atom stereocenters. The van der Waals surface area contributed by atoms with Gasteiger partial charge in [0.2, 0.25) is 0 Å². The second-order valence-electron chi connectivity index (χ2n) is 6.41. The molecule has 0 radical (unpaired) electrons. The highest BCUT2D eigenvalue weighted by molar-refractivity contribution is 4.97. The Hall–Kier alpha value is -0.160. The number of nitrogens with two attached hydrogens (primary N) is 1. The molecule has 118 valence electrons. The maximum atomic E-state index is 6.19. The molecule has 2 rings (SSSR count). The van der Waals surface area contributed by atoms with E-state index in [4.69, 9.17) is 10.5 Å². The van der Waals surface area contributed by atoms with Crippen molar-refractivity contribution in [2.24, 2.45) is 5.73 Å². The van der Waals surface area contributed by atoms with Crippen LogP contribution in [0.2, 0.25) is 0 Å². The summed E-state index contributed by atoms with van der Waals surface area (Å²) in [5.41, 5.74) is 6.46. The molecular formula is C16H33N3O. The van der Waals surface area contributed by atoms with Crippen LogP contribution in [0.4, 0.5) is 0 Å². The number of hydrogen-bond acceptors (Lipinski definition) is 4. The number of nitrogens with zero attached hydrogens (tertiary/aromatic N) is 2. The predicted molar refractivity (Wildman–Crippen MR) is 84.0 cm³/mol. The highest BCUT2D eigenvalue weighted by atomic mass is 16.5. The van der Waals surface area contributed by atoms with E-state index in [1.54, 1.807) is 0 Å². The number of rotatable bonds is 6. The Labute approximate surface area is 124 Å². The third-order valence-electron chi connectivity index (χ3n) is 5.22. The minimum atomic E-state index is 0.265. The van der Waals surface area contributed by atoms with Crippen LogP contribution in [0.25, 0.3) is 0 Å². The minimum absolute atomic E-state index is 0.265. The van der Waals surface area contributed by atoms with Crippen LogP contribution in [-0.2, 0) is 4.74 Å². The molecule has 0 aromatic heterocycles. The van der Waals surface area contributed by atoms with Gasteiger partial charge in [-0.2, -0.15) is 0 Å². The van der Waals surface area contributed by atoms with Gasteiger partial charge in [0, 0.05) is 31.8 Å². The predicted octanol–water partition coefficient (Wildman–Crippen LogP) is 1.69. The summed E-state index contributed by atoms with van der Waals surface area (Å²) in [4.78, 5) is 5.27. The van der Waals surface area contributed by atoms with Gasteiger partial charge in [0.15, 0.2) is 0 Å². The SMILES string of the molecule is CCCN1CCC(CN)(N2CCC(OCC)CC2)CC1. The molecule has 0 spiro atoms. The lowest BCUT2D eigenvalue weighted by atomic mass is 9.84. The minimum Gasteiger partial charge on any atom is -0.378 e. The van der Waals surface area contributed by atoms with Gasteiger partial charge in [-0.25, -0.2) is 0 Å². The molecule has 20 heavy (non-hydrogen) atoms. The van der Waals surface area contributed by atoms with Gasteiger partial charge in [-0.15, -0.1) is 0 Å². The smallest absolute Gasteiger partial charge is 0.0599 e. The fourth-order valence-corrected chi connectivity index (χ4v) is 3.89. The van der Waals surface area contributed by atoms with Crippen molar-refractivity contribution in [1.29, 1.82) is 0 Å². The first kappa shape index (κ1) is 16.2. The summed E-state index contributed by atoms with van der Waals surface area (Å²) in [5, 5.41) is 0. The quantitative estimate of drug-likeness (QED) is 0.805. The highest BCUT2D eigenvalue weighted by Gasteiger charge is 2.39. The average Bonchev–Trinajstić information content (AvgIpc) is 2.50. The van der Waals surface area contributed by atoms with E-state index in [1.165, 1.54) is 51.7 Å². The van der Waals surface area contributed by atoms with Gasteiger partial charge in [0.05, 0.1) is 6.10 Å². The molecule has 2 fully saturated rings. The third-order valence-corrected chi connectivity index (χ3v) is 5.22. The van der Waals surface area contributed by atoms with Crippen molar-refractivity contribution < 1.29 is 4.74 Å². The Morgan fingerprint density at radius 1 is 1.10 bits per heavy atom. The van der Waals surface area contributed by atoms with Crippen molar-refractivity contribution in [1.82, 2.24) is 9.80 Å². The summed E-state index contributed by atoms with van der Waals surface area (Å²) in [5.74, 6) is 0. The number of piperidine rings is 2. The van der Waals surface area contributed by atoms with Crippen molar-refractivity contribution in [2.75, 3.05) is 45.9 Å². The molecule has 0 aromatic rings. The number of likely N-dealkylation sites (tertiary alicyclic amines) is 2. The largest absolute Gasteiger partial charge is 0.378 e. The Kier molecular flexibility index (Phi) is 6.27. The first-order valence-electron chi connectivity index (χ1n) is 8.53. The van der Waals surface area contributed by atoms with Crippen LogP contribution in [0.1, 0.15) is 46.0 Å². The van der Waals surface area contributed by atoms with Crippen molar-refractivity contribution in [3.8, 4) is 0 Å². The van der Waals surface area contributed by atoms with Crippen LogP contribution in [0, 0.1) is 0 Å². The first-order valence-corrected chi connectivity index (χ1v) is 8.53. The fraction of sp³-hybridized carbons (Fsp3) is 1.00. The van der Waals surface area contributed by atoms with Crippen LogP contribution in [0.3, 0.4) is 0 Å². The monoisotopic (exact) mass is 283 g/mol. The summed E-state index contributed by atoms with van der Waals surface area (Å²) < 4.78 is 5.77. The van der Waals surface area contributed by atoms with E-state index in [2.05, 4.69) is 23.6 Å². The number of ether oxygens (including phenoxy) is 1. The molecule has 2 aliphatic heterocycles. The summed E-state index contributed by atoms with van der Waals surface area (Å²) >= 11 is 0. The van der Waals surface area contributed by atoms with Crippen molar-refractivity contribution >= 4 is 0 Å². The fourth-order valence-electron chi connectivity index (χ4n) is 3.89. The molecule has 0 unspecified atom stereocenters. The molecule has 2 heterocycles. The van der Waals surface area contributed by atoms with Gasteiger partial charge < -0.3 is 15.4 Å². The second-order valence-corrected chi connectivity index (χ2v) is 6.41. The topological polar surface area (TPSA) is 41.7 Å². The average molecular weight is 283 g/mol. The zero-order valence-corrected chi connectivity index (χ0v) is 13.4. The highest BCUT2D eigenvalue weighted by Crippen LogP contribution is 2.31.